The van der Waals surface area contributed by atoms with Crippen LogP contribution in [0, 0.1) is 12.8 Å². The first-order valence-corrected chi connectivity index (χ1v) is 11.8. The first kappa shape index (κ1) is 20.5. The van der Waals surface area contributed by atoms with Gasteiger partial charge in [-0.15, -0.1) is 0 Å². The number of anilines is 1. The standard InChI is InChI=1S/C21H25N5O3S/c1-12(2)19-20-24-17-7-6-15(30(5,28)29)10-18(17)25(20)8-9-26(19)21-22-11-16(14(4)27)13(3)23-21/h6-7,10-12,19H,8-9H2,1-5H3/t19-/m0/s1. The zero-order valence-corrected chi connectivity index (χ0v) is 18.6. The molecule has 158 valence electrons. The molecule has 0 bridgehead atoms. The molecule has 0 N–H and O–H groups in total. The van der Waals surface area contributed by atoms with Crippen LogP contribution in [0.1, 0.15) is 48.7 Å². The fourth-order valence-electron chi connectivity index (χ4n) is 4.12. The molecule has 0 radical (unpaired) electrons. The fourth-order valence-corrected chi connectivity index (χ4v) is 4.76. The Kier molecular flexibility index (Phi) is 4.88. The highest BCUT2D eigenvalue weighted by atomic mass is 32.2. The van der Waals surface area contributed by atoms with E-state index in [0.717, 1.165) is 16.9 Å². The van der Waals surface area contributed by atoms with Crippen LogP contribution < -0.4 is 4.90 Å². The number of carbonyl (C=O) groups is 1. The molecule has 8 nitrogen and oxygen atoms in total. The number of hydrogen-bond donors (Lipinski definition) is 0. The second kappa shape index (κ2) is 7.16. The van der Waals surface area contributed by atoms with E-state index >= 15 is 0 Å². The lowest BCUT2D eigenvalue weighted by atomic mass is 10.00. The zero-order valence-electron chi connectivity index (χ0n) is 17.7. The van der Waals surface area contributed by atoms with E-state index in [1.165, 1.54) is 13.2 Å². The summed E-state index contributed by atoms with van der Waals surface area (Å²) in [7, 11) is -3.30. The van der Waals surface area contributed by atoms with Crippen molar-refractivity contribution in [3.05, 3.63) is 41.5 Å². The molecule has 1 aliphatic heterocycles. The molecular weight excluding hydrogens is 402 g/mol. The number of sulfone groups is 1. The summed E-state index contributed by atoms with van der Waals surface area (Å²) >= 11 is 0. The van der Waals surface area contributed by atoms with E-state index in [9.17, 15) is 13.2 Å². The Balaban J connectivity index is 1.83. The van der Waals surface area contributed by atoms with Gasteiger partial charge in [0.2, 0.25) is 5.95 Å². The number of carbonyl (C=O) groups excluding carboxylic acids is 1. The van der Waals surface area contributed by atoms with E-state index in [4.69, 9.17) is 4.98 Å². The molecule has 0 aliphatic carbocycles. The van der Waals surface area contributed by atoms with Gasteiger partial charge in [-0.25, -0.2) is 23.4 Å². The Hall–Kier alpha value is -2.81. The van der Waals surface area contributed by atoms with Crippen molar-refractivity contribution in [2.24, 2.45) is 5.92 Å². The van der Waals surface area contributed by atoms with Crippen LogP contribution in [0.2, 0.25) is 0 Å². The molecule has 1 aliphatic rings. The van der Waals surface area contributed by atoms with Crippen LogP contribution in [0.15, 0.2) is 29.3 Å². The summed E-state index contributed by atoms with van der Waals surface area (Å²) in [6.07, 6.45) is 2.80. The third-order valence-corrected chi connectivity index (χ3v) is 6.69. The molecule has 2 aromatic heterocycles. The number of ketones is 1. The van der Waals surface area contributed by atoms with Crippen LogP contribution in [-0.2, 0) is 16.4 Å². The van der Waals surface area contributed by atoms with Crippen LogP contribution in [0.4, 0.5) is 5.95 Å². The summed E-state index contributed by atoms with van der Waals surface area (Å²) in [6, 6.07) is 5.00. The quantitative estimate of drug-likeness (QED) is 0.590. The third-order valence-electron chi connectivity index (χ3n) is 5.58. The zero-order chi connectivity index (χ0) is 21.8. The number of nitrogens with zero attached hydrogens (tertiary/aromatic N) is 5. The summed E-state index contributed by atoms with van der Waals surface area (Å²) < 4.78 is 26.1. The minimum atomic E-state index is -3.30. The van der Waals surface area contributed by atoms with Crippen molar-refractivity contribution in [1.82, 2.24) is 19.5 Å². The van der Waals surface area contributed by atoms with Gasteiger partial charge < -0.3 is 9.47 Å². The van der Waals surface area contributed by atoms with Crippen molar-refractivity contribution in [2.45, 2.75) is 45.2 Å². The number of rotatable bonds is 4. The molecule has 30 heavy (non-hydrogen) atoms. The monoisotopic (exact) mass is 427 g/mol. The lowest BCUT2D eigenvalue weighted by molar-refractivity contribution is 0.101. The van der Waals surface area contributed by atoms with E-state index < -0.39 is 9.84 Å². The van der Waals surface area contributed by atoms with Gasteiger partial charge >= 0.3 is 0 Å². The Morgan fingerprint density at radius 1 is 1.20 bits per heavy atom. The van der Waals surface area contributed by atoms with Crippen molar-refractivity contribution in [2.75, 3.05) is 17.7 Å². The molecule has 9 heteroatoms. The smallest absolute Gasteiger partial charge is 0.226 e. The molecule has 4 rings (SSSR count). The molecule has 0 fully saturated rings. The molecule has 0 amide bonds. The first-order valence-electron chi connectivity index (χ1n) is 9.89. The van der Waals surface area contributed by atoms with E-state index in [2.05, 4.69) is 33.3 Å². The van der Waals surface area contributed by atoms with Gasteiger partial charge in [-0.3, -0.25) is 4.79 Å². The van der Waals surface area contributed by atoms with Gasteiger partial charge in [-0.1, -0.05) is 13.8 Å². The van der Waals surface area contributed by atoms with Crippen molar-refractivity contribution < 1.29 is 13.2 Å². The van der Waals surface area contributed by atoms with Gasteiger partial charge in [0, 0.05) is 25.5 Å². The second-order valence-electron chi connectivity index (χ2n) is 8.15. The SMILES string of the molecule is CC(=O)c1cnc(N2CCn3c(nc4ccc(S(C)(=O)=O)cc43)[C@@H]2C(C)C)nc1C. The number of fused-ring (bicyclic) bond motifs is 3. The predicted molar refractivity (Wildman–Crippen MR) is 115 cm³/mol. The van der Waals surface area contributed by atoms with E-state index in [-0.39, 0.29) is 17.7 Å². The number of benzene rings is 1. The highest BCUT2D eigenvalue weighted by Gasteiger charge is 2.34. The molecule has 3 aromatic rings. The summed E-state index contributed by atoms with van der Waals surface area (Å²) in [4.78, 5) is 28.1. The van der Waals surface area contributed by atoms with Gasteiger partial charge in [-0.05, 0) is 38.0 Å². The molecule has 1 aromatic carbocycles. The number of imidazole rings is 1. The first-order chi connectivity index (χ1) is 14.1. The van der Waals surface area contributed by atoms with Gasteiger partial charge in [-0.2, -0.15) is 0 Å². The van der Waals surface area contributed by atoms with Crippen molar-refractivity contribution in [3.63, 3.8) is 0 Å². The van der Waals surface area contributed by atoms with Crippen molar-refractivity contribution in [1.29, 1.82) is 0 Å². The average Bonchev–Trinajstić information content (AvgIpc) is 3.03. The lowest BCUT2D eigenvalue weighted by Gasteiger charge is -2.38. The van der Waals surface area contributed by atoms with E-state index in [1.807, 2.05) is 6.92 Å². The van der Waals surface area contributed by atoms with Gasteiger partial charge in [0.15, 0.2) is 15.6 Å². The Labute approximate surface area is 175 Å². The maximum atomic E-state index is 12.0. The van der Waals surface area contributed by atoms with Crippen LogP contribution in [0.25, 0.3) is 11.0 Å². The lowest BCUT2D eigenvalue weighted by Crippen LogP contribution is -2.42. The van der Waals surface area contributed by atoms with Crippen molar-refractivity contribution >= 4 is 32.6 Å². The fraction of sp³-hybridized carbons (Fsp3) is 0.429. The van der Waals surface area contributed by atoms with Crippen LogP contribution >= 0.6 is 0 Å². The van der Waals surface area contributed by atoms with Gasteiger partial charge in [0.1, 0.15) is 5.82 Å². The Morgan fingerprint density at radius 3 is 2.53 bits per heavy atom. The molecule has 0 spiro atoms. The van der Waals surface area contributed by atoms with Crippen LogP contribution in [0.3, 0.4) is 0 Å². The molecule has 0 saturated carbocycles. The maximum Gasteiger partial charge on any atom is 0.226 e. The highest BCUT2D eigenvalue weighted by molar-refractivity contribution is 7.90. The van der Waals surface area contributed by atoms with E-state index in [1.54, 1.807) is 24.4 Å². The minimum absolute atomic E-state index is 0.0541. The van der Waals surface area contributed by atoms with Gasteiger partial charge in [0.05, 0.1) is 33.2 Å². The predicted octanol–water partition coefficient (Wildman–Crippen LogP) is 2.96. The number of aromatic nitrogens is 4. The minimum Gasteiger partial charge on any atom is -0.329 e. The summed E-state index contributed by atoms with van der Waals surface area (Å²) in [6.45, 7) is 8.85. The maximum absolute atomic E-state index is 12.0. The Bertz CT molecular complexity index is 1260. The van der Waals surface area contributed by atoms with Crippen molar-refractivity contribution in [3.8, 4) is 0 Å². The molecule has 3 heterocycles. The van der Waals surface area contributed by atoms with E-state index in [0.29, 0.717) is 35.2 Å². The van der Waals surface area contributed by atoms with Gasteiger partial charge in [0.25, 0.3) is 0 Å². The molecule has 0 unspecified atom stereocenters. The normalized spacial score (nSPS) is 16.9. The number of aryl methyl sites for hydroxylation is 1. The number of hydrogen-bond acceptors (Lipinski definition) is 7. The average molecular weight is 428 g/mol. The molecule has 1 atom stereocenters. The summed E-state index contributed by atoms with van der Waals surface area (Å²) in [5.41, 5.74) is 2.78. The summed E-state index contributed by atoms with van der Waals surface area (Å²) in [5, 5.41) is 0. The van der Waals surface area contributed by atoms with Crippen LogP contribution in [0.5, 0.6) is 0 Å². The molecule has 0 saturated heterocycles. The van der Waals surface area contributed by atoms with Crippen LogP contribution in [-0.4, -0.2) is 46.5 Å². The number of Topliss-reactive ketones (excluding diaryl/α,β-unsaturated/α-hetero) is 1. The molecular formula is C21H25N5O3S. The largest absolute Gasteiger partial charge is 0.329 e. The topological polar surface area (TPSA) is 98.0 Å². The Morgan fingerprint density at radius 2 is 1.93 bits per heavy atom. The summed E-state index contributed by atoms with van der Waals surface area (Å²) in [5.74, 6) is 1.60. The second-order valence-corrected chi connectivity index (χ2v) is 10.2. The highest BCUT2D eigenvalue weighted by Crippen LogP contribution is 2.36. The third kappa shape index (κ3) is 3.36.